The summed E-state index contributed by atoms with van der Waals surface area (Å²) in [6.45, 7) is 8.36. The van der Waals surface area contributed by atoms with Gasteiger partial charge in [0.15, 0.2) is 0 Å². The van der Waals surface area contributed by atoms with Gasteiger partial charge in [-0.2, -0.15) is 0 Å². The van der Waals surface area contributed by atoms with Crippen LogP contribution in [0.3, 0.4) is 0 Å². The van der Waals surface area contributed by atoms with Crippen molar-refractivity contribution >= 4 is 21.8 Å². The maximum absolute atomic E-state index is 10.6. The predicted molar refractivity (Wildman–Crippen MR) is 111 cm³/mol. The Morgan fingerprint density at radius 2 is 1.96 bits per heavy atom. The van der Waals surface area contributed by atoms with Gasteiger partial charge in [0.2, 0.25) is 0 Å². The van der Waals surface area contributed by atoms with Crippen LogP contribution >= 0.6 is 0 Å². The molecule has 0 radical (unpaired) electrons. The number of hydrogen-bond acceptors (Lipinski definition) is 4. The first-order chi connectivity index (χ1) is 13.3. The topological polar surface area (TPSA) is 89.0 Å². The van der Waals surface area contributed by atoms with Crippen molar-refractivity contribution in [1.82, 2.24) is 4.98 Å². The second-order valence-electron chi connectivity index (χ2n) is 8.50. The van der Waals surface area contributed by atoms with Crippen LogP contribution in [0.1, 0.15) is 62.8 Å². The molecule has 2 heterocycles. The number of nitrogens with one attached hydrogen (secondary N) is 1. The highest BCUT2D eigenvalue weighted by Gasteiger charge is 2.54. The fourth-order valence-electron chi connectivity index (χ4n) is 4.30. The third kappa shape index (κ3) is 2.85. The summed E-state index contributed by atoms with van der Waals surface area (Å²) >= 11 is 0. The van der Waals surface area contributed by atoms with E-state index in [1.165, 1.54) is 0 Å². The van der Waals surface area contributed by atoms with E-state index in [2.05, 4.69) is 25.8 Å². The minimum atomic E-state index is -0.242. The molecule has 1 aliphatic heterocycles. The van der Waals surface area contributed by atoms with E-state index < -0.39 is 0 Å². The predicted octanol–water partition coefficient (Wildman–Crippen LogP) is 5.19. The molecular formula is C23H29NO4. The van der Waals surface area contributed by atoms with Gasteiger partial charge in [0.05, 0.1) is 23.2 Å². The second kappa shape index (κ2) is 6.68. The molecule has 0 aliphatic carbocycles. The monoisotopic (exact) mass is 383 g/mol. The van der Waals surface area contributed by atoms with Gasteiger partial charge in [0, 0.05) is 16.3 Å². The summed E-state index contributed by atoms with van der Waals surface area (Å²) in [6, 6.07) is 5.01. The first-order valence-electron chi connectivity index (χ1n) is 10.1. The Morgan fingerprint density at radius 1 is 1.21 bits per heavy atom. The second-order valence-corrected chi connectivity index (χ2v) is 8.50. The third-order valence-corrected chi connectivity index (χ3v) is 6.54. The summed E-state index contributed by atoms with van der Waals surface area (Å²) in [5, 5.41) is 32.3. The Kier molecular flexibility index (Phi) is 4.55. The summed E-state index contributed by atoms with van der Waals surface area (Å²) in [5.74, 6) is 0.988. The number of benzene rings is 2. The van der Waals surface area contributed by atoms with Crippen LogP contribution in [-0.2, 0) is 11.3 Å². The van der Waals surface area contributed by atoms with Gasteiger partial charge >= 0.3 is 0 Å². The summed E-state index contributed by atoms with van der Waals surface area (Å²) in [4.78, 5) is 3.34. The Bertz CT molecular complexity index is 1050. The molecule has 0 amide bonds. The molecule has 0 saturated carbocycles. The van der Waals surface area contributed by atoms with E-state index in [4.69, 9.17) is 4.74 Å². The summed E-state index contributed by atoms with van der Waals surface area (Å²) in [6.07, 6.45) is 3.13. The lowest BCUT2D eigenvalue weighted by atomic mass is 9.89. The van der Waals surface area contributed by atoms with E-state index in [0.717, 1.165) is 46.7 Å². The van der Waals surface area contributed by atoms with E-state index in [9.17, 15) is 15.3 Å². The van der Waals surface area contributed by atoms with Gasteiger partial charge in [-0.15, -0.1) is 0 Å². The van der Waals surface area contributed by atoms with E-state index in [0.29, 0.717) is 17.0 Å². The minimum absolute atomic E-state index is 0.0982. The lowest BCUT2D eigenvalue weighted by Crippen LogP contribution is -2.09. The molecule has 150 valence electrons. The van der Waals surface area contributed by atoms with Crippen LogP contribution in [0.2, 0.25) is 0 Å². The van der Waals surface area contributed by atoms with Gasteiger partial charge in [0.1, 0.15) is 17.6 Å². The zero-order chi connectivity index (χ0) is 20.2. The van der Waals surface area contributed by atoms with Gasteiger partial charge in [-0.05, 0) is 55.9 Å². The van der Waals surface area contributed by atoms with Crippen molar-refractivity contribution in [3.63, 3.8) is 0 Å². The number of aromatic amines is 1. The molecule has 1 aromatic heterocycles. The third-order valence-electron chi connectivity index (χ3n) is 6.54. The summed E-state index contributed by atoms with van der Waals surface area (Å²) < 4.78 is 6.17. The van der Waals surface area contributed by atoms with Crippen molar-refractivity contribution in [2.45, 2.75) is 65.3 Å². The number of fused-ring (bicyclic) bond motifs is 3. The van der Waals surface area contributed by atoms with Crippen LogP contribution in [0.4, 0.5) is 0 Å². The molecule has 0 bridgehead atoms. The van der Waals surface area contributed by atoms with Gasteiger partial charge in [-0.25, -0.2) is 0 Å². The quantitative estimate of drug-likeness (QED) is 0.441. The van der Waals surface area contributed by atoms with Crippen LogP contribution in [0.25, 0.3) is 21.8 Å². The number of H-pyrrole nitrogens is 1. The van der Waals surface area contributed by atoms with Crippen LogP contribution < -0.4 is 0 Å². The first kappa shape index (κ1) is 19.1. The van der Waals surface area contributed by atoms with E-state index in [1.54, 1.807) is 18.2 Å². The first-order valence-corrected chi connectivity index (χ1v) is 10.1. The largest absolute Gasteiger partial charge is 0.508 e. The molecule has 3 aromatic rings. The zero-order valence-electron chi connectivity index (χ0n) is 17.0. The van der Waals surface area contributed by atoms with Crippen molar-refractivity contribution in [3.8, 4) is 11.5 Å². The van der Waals surface area contributed by atoms with Crippen LogP contribution in [0.15, 0.2) is 18.2 Å². The normalized spacial score (nSPS) is 22.8. The fraction of sp³-hybridized carbons (Fsp3) is 0.478. The van der Waals surface area contributed by atoms with Crippen molar-refractivity contribution in [2.75, 3.05) is 0 Å². The molecule has 4 N–H and O–H groups in total. The van der Waals surface area contributed by atoms with E-state index >= 15 is 0 Å². The number of aliphatic hydroxyl groups is 1. The van der Waals surface area contributed by atoms with Crippen molar-refractivity contribution in [1.29, 1.82) is 0 Å². The number of phenols is 2. The number of aliphatic hydroxyl groups excluding tert-OH is 1. The van der Waals surface area contributed by atoms with Gasteiger partial charge < -0.3 is 25.0 Å². The van der Waals surface area contributed by atoms with Gasteiger partial charge in [-0.1, -0.05) is 26.3 Å². The lowest BCUT2D eigenvalue weighted by Gasteiger charge is -2.13. The molecule has 4 rings (SSSR count). The molecule has 3 atom stereocenters. The van der Waals surface area contributed by atoms with Crippen molar-refractivity contribution < 1.29 is 20.1 Å². The molecular weight excluding hydrogens is 354 g/mol. The van der Waals surface area contributed by atoms with Gasteiger partial charge in [0.25, 0.3) is 0 Å². The van der Waals surface area contributed by atoms with Crippen LogP contribution in [0.5, 0.6) is 11.5 Å². The average Bonchev–Trinajstić information content (AvgIpc) is 3.19. The molecule has 5 nitrogen and oxygen atoms in total. The molecule has 5 heteroatoms. The van der Waals surface area contributed by atoms with Gasteiger partial charge in [-0.3, -0.25) is 0 Å². The van der Waals surface area contributed by atoms with Crippen LogP contribution in [-0.4, -0.2) is 25.9 Å². The Hall–Kier alpha value is -2.24. The molecule has 0 spiro atoms. The van der Waals surface area contributed by atoms with Crippen LogP contribution in [0, 0.1) is 12.8 Å². The highest BCUT2D eigenvalue weighted by atomic mass is 16.6. The molecule has 28 heavy (non-hydrogen) atoms. The molecule has 1 saturated heterocycles. The highest BCUT2D eigenvalue weighted by molar-refractivity contribution is 6.12. The number of rotatable bonds is 6. The summed E-state index contributed by atoms with van der Waals surface area (Å²) in [5.41, 5.74) is 3.65. The molecule has 2 aromatic carbocycles. The van der Waals surface area contributed by atoms with E-state index in [-0.39, 0.29) is 29.8 Å². The maximum atomic E-state index is 10.6. The Balaban J connectivity index is 1.87. The maximum Gasteiger partial charge on any atom is 0.139 e. The number of phenolic OH excluding ortho intramolecular Hbond substituents is 2. The van der Waals surface area contributed by atoms with E-state index in [1.807, 2.05) is 6.92 Å². The number of ether oxygens (including phenoxy) is 1. The summed E-state index contributed by atoms with van der Waals surface area (Å²) in [7, 11) is 0. The Labute approximate surface area is 165 Å². The lowest BCUT2D eigenvalue weighted by molar-refractivity contribution is 0.280. The fourth-order valence-corrected chi connectivity index (χ4v) is 4.30. The number of aromatic nitrogens is 1. The zero-order valence-corrected chi connectivity index (χ0v) is 17.0. The Morgan fingerprint density at radius 3 is 2.64 bits per heavy atom. The van der Waals surface area contributed by atoms with Crippen molar-refractivity contribution in [3.05, 3.63) is 34.9 Å². The smallest absolute Gasteiger partial charge is 0.139 e. The van der Waals surface area contributed by atoms with Crippen molar-refractivity contribution in [2.24, 2.45) is 5.92 Å². The number of aromatic hydroxyl groups is 2. The standard InChI is InChI=1S/C23H29NO4/c1-5-12(2)8-9-23(4)22(28-23)18-13(3)17(27)10-15-19-14(11-25)6-7-16(26)21(19)24-20(15)18/h6-7,10,12,22,24-27H,5,8-9,11H2,1-4H3/t12-,22+,23-/m0/s1. The average molecular weight is 383 g/mol. The molecule has 1 fully saturated rings. The SMILES string of the molecule is CC[C@H](C)CC[C@]1(C)O[C@@H]1c1c(C)c(O)cc2c1[nH]c1c(O)ccc(CO)c12. The molecule has 0 unspecified atom stereocenters. The molecule has 1 aliphatic rings. The number of hydrogen-bond donors (Lipinski definition) is 4. The highest BCUT2D eigenvalue weighted by Crippen LogP contribution is 2.56. The minimum Gasteiger partial charge on any atom is -0.508 e. The number of epoxide rings is 1.